The number of anilines is 3. The molecule has 0 radical (unpaired) electrons. The number of nitrogens with zero attached hydrogens (tertiary/aromatic N) is 2. The average Bonchev–Trinajstić information content (AvgIpc) is 2.69. The Hall–Kier alpha value is -3.11. The van der Waals surface area contributed by atoms with Crippen molar-refractivity contribution >= 4 is 23.1 Å². The van der Waals surface area contributed by atoms with Gasteiger partial charge >= 0.3 is 6.03 Å². The van der Waals surface area contributed by atoms with E-state index in [1.54, 1.807) is 16.8 Å². The van der Waals surface area contributed by atoms with Crippen molar-refractivity contribution in [3.63, 3.8) is 0 Å². The zero-order chi connectivity index (χ0) is 17.6. The van der Waals surface area contributed by atoms with E-state index in [2.05, 4.69) is 0 Å². The second kappa shape index (κ2) is 7.64. The Kier molecular flexibility index (Phi) is 5.11. The van der Waals surface area contributed by atoms with Crippen LogP contribution in [-0.4, -0.2) is 18.2 Å². The molecule has 0 saturated carbocycles. The molecule has 3 aromatic rings. The first-order valence-corrected chi connectivity index (χ1v) is 8.08. The maximum absolute atomic E-state index is 13.2. The van der Waals surface area contributed by atoms with Gasteiger partial charge in [-0.1, -0.05) is 48.5 Å². The summed E-state index contributed by atoms with van der Waals surface area (Å²) in [5.41, 5.74) is 3.18. The molecular formula is C21H20N2O2. The monoisotopic (exact) mass is 332 g/mol. The van der Waals surface area contributed by atoms with Crippen molar-refractivity contribution in [2.75, 3.05) is 16.8 Å². The minimum atomic E-state index is -0.158. The molecule has 0 heterocycles. The number of amides is 2. The third-order valence-corrected chi connectivity index (χ3v) is 4.01. The molecule has 3 rings (SSSR count). The molecule has 0 bridgehead atoms. The molecule has 0 spiro atoms. The van der Waals surface area contributed by atoms with Gasteiger partial charge in [0.2, 0.25) is 0 Å². The van der Waals surface area contributed by atoms with E-state index in [0.29, 0.717) is 0 Å². The summed E-state index contributed by atoms with van der Waals surface area (Å²) in [6.07, 6.45) is 0. The smallest absolute Gasteiger partial charge is 0.333 e. The lowest BCUT2D eigenvalue weighted by molar-refractivity contribution is 0.254. The first-order valence-electron chi connectivity index (χ1n) is 8.08. The predicted molar refractivity (Wildman–Crippen MR) is 101 cm³/mol. The molecule has 126 valence electrons. The molecule has 0 aromatic heterocycles. The molecule has 0 unspecified atom stereocenters. The van der Waals surface area contributed by atoms with Crippen LogP contribution in [0.1, 0.15) is 5.56 Å². The number of aliphatic hydroxyl groups is 1. The van der Waals surface area contributed by atoms with Gasteiger partial charge in [-0.2, -0.15) is 0 Å². The number of carbonyl (C=O) groups is 1. The van der Waals surface area contributed by atoms with E-state index in [1.807, 2.05) is 84.9 Å². The van der Waals surface area contributed by atoms with Crippen molar-refractivity contribution in [3.05, 3.63) is 90.5 Å². The summed E-state index contributed by atoms with van der Waals surface area (Å²) in [6, 6.07) is 26.3. The van der Waals surface area contributed by atoms with E-state index in [4.69, 9.17) is 0 Å². The van der Waals surface area contributed by atoms with Gasteiger partial charge in [0, 0.05) is 12.7 Å². The fourth-order valence-corrected chi connectivity index (χ4v) is 2.61. The normalized spacial score (nSPS) is 10.3. The van der Waals surface area contributed by atoms with Crippen LogP contribution in [0.25, 0.3) is 0 Å². The van der Waals surface area contributed by atoms with Crippen LogP contribution in [0.2, 0.25) is 0 Å². The molecule has 0 fully saturated rings. The summed E-state index contributed by atoms with van der Waals surface area (Å²) in [6.45, 7) is -0.0158. The fourth-order valence-electron chi connectivity index (χ4n) is 2.61. The molecule has 4 heteroatoms. The van der Waals surface area contributed by atoms with Gasteiger partial charge < -0.3 is 5.11 Å². The maximum Gasteiger partial charge on any atom is 0.333 e. The van der Waals surface area contributed by atoms with Crippen LogP contribution in [0, 0.1) is 0 Å². The standard InChI is InChI=1S/C21H20N2O2/c1-22(18-14-12-17(16-24)13-15-18)21(25)23(19-8-4-2-5-9-19)20-10-6-3-7-11-20/h2-15,24H,16H2,1H3. The Labute approximate surface area is 147 Å². The second-order valence-corrected chi connectivity index (χ2v) is 5.67. The summed E-state index contributed by atoms with van der Waals surface area (Å²) < 4.78 is 0. The van der Waals surface area contributed by atoms with Crippen LogP contribution in [0.5, 0.6) is 0 Å². The lowest BCUT2D eigenvalue weighted by Gasteiger charge is -2.28. The van der Waals surface area contributed by atoms with Gasteiger partial charge in [0.1, 0.15) is 0 Å². The number of hydrogen-bond donors (Lipinski definition) is 1. The Bertz CT molecular complexity index is 778. The van der Waals surface area contributed by atoms with E-state index in [-0.39, 0.29) is 12.6 Å². The summed E-state index contributed by atoms with van der Waals surface area (Å²) in [4.78, 5) is 16.5. The number of aliphatic hydroxyl groups excluding tert-OH is 1. The van der Waals surface area contributed by atoms with Crippen molar-refractivity contribution in [2.24, 2.45) is 0 Å². The van der Waals surface area contributed by atoms with Gasteiger partial charge in [0.05, 0.1) is 18.0 Å². The Balaban J connectivity index is 1.96. The molecule has 4 nitrogen and oxygen atoms in total. The van der Waals surface area contributed by atoms with Gasteiger partial charge in [-0.05, 0) is 42.0 Å². The highest BCUT2D eigenvalue weighted by atomic mass is 16.3. The fraction of sp³-hybridized carbons (Fsp3) is 0.0952. The first kappa shape index (κ1) is 16.7. The summed E-state index contributed by atoms with van der Waals surface area (Å²) in [5.74, 6) is 0. The summed E-state index contributed by atoms with van der Waals surface area (Å²) in [7, 11) is 1.75. The van der Waals surface area contributed by atoms with Gasteiger partial charge in [-0.25, -0.2) is 4.79 Å². The van der Waals surface area contributed by atoms with Gasteiger partial charge in [0.25, 0.3) is 0 Å². The highest BCUT2D eigenvalue weighted by Crippen LogP contribution is 2.27. The Morgan fingerprint density at radius 2 is 1.24 bits per heavy atom. The number of carbonyl (C=O) groups excluding carboxylic acids is 1. The Morgan fingerprint density at radius 1 is 0.760 bits per heavy atom. The van der Waals surface area contributed by atoms with Crippen molar-refractivity contribution < 1.29 is 9.90 Å². The number of para-hydroxylation sites is 2. The van der Waals surface area contributed by atoms with E-state index < -0.39 is 0 Å². The molecule has 1 N–H and O–H groups in total. The molecule has 3 aromatic carbocycles. The number of benzene rings is 3. The van der Waals surface area contributed by atoms with Crippen LogP contribution < -0.4 is 9.80 Å². The molecule has 0 aliphatic rings. The number of urea groups is 1. The third-order valence-electron chi connectivity index (χ3n) is 4.01. The molecule has 25 heavy (non-hydrogen) atoms. The third kappa shape index (κ3) is 3.70. The zero-order valence-electron chi connectivity index (χ0n) is 14.0. The van der Waals surface area contributed by atoms with Crippen LogP contribution in [0.15, 0.2) is 84.9 Å². The lowest BCUT2D eigenvalue weighted by Crippen LogP contribution is -2.38. The highest BCUT2D eigenvalue weighted by Gasteiger charge is 2.22. The van der Waals surface area contributed by atoms with Gasteiger partial charge in [-0.3, -0.25) is 9.80 Å². The van der Waals surface area contributed by atoms with E-state index in [9.17, 15) is 9.90 Å². The number of rotatable bonds is 4. The molecular weight excluding hydrogens is 312 g/mol. The van der Waals surface area contributed by atoms with Gasteiger partial charge in [-0.15, -0.1) is 0 Å². The molecule has 0 aliphatic carbocycles. The summed E-state index contributed by atoms with van der Waals surface area (Å²) in [5, 5.41) is 9.17. The molecule has 0 atom stereocenters. The van der Waals surface area contributed by atoms with Crippen molar-refractivity contribution in [2.45, 2.75) is 6.61 Å². The SMILES string of the molecule is CN(C(=O)N(c1ccccc1)c1ccccc1)c1ccc(CO)cc1. The van der Waals surface area contributed by atoms with Crippen molar-refractivity contribution in [1.29, 1.82) is 0 Å². The number of hydrogen-bond acceptors (Lipinski definition) is 2. The van der Waals surface area contributed by atoms with Crippen molar-refractivity contribution in [3.8, 4) is 0 Å². The molecule has 2 amide bonds. The largest absolute Gasteiger partial charge is 0.392 e. The van der Waals surface area contributed by atoms with Crippen LogP contribution >= 0.6 is 0 Å². The average molecular weight is 332 g/mol. The van der Waals surface area contributed by atoms with Gasteiger partial charge in [0.15, 0.2) is 0 Å². The van der Waals surface area contributed by atoms with Crippen LogP contribution in [0.3, 0.4) is 0 Å². The zero-order valence-corrected chi connectivity index (χ0v) is 14.0. The minimum absolute atomic E-state index is 0.0158. The molecule has 0 saturated heterocycles. The van der Waals surface area contributed by atoms with E-state index in [1.165, 1.54) is 0 Å². The van der Waals surface area contributed by atoms with Crippen LogP contribution in [-0.2, 0) is 6.61 Å². The maximum atomic E-state index is 13.2. The molecule has 0 aliphatic heterocycles. The quantitative estimate of drug-likeness (QED) is 0.760. The highest BCUT2D eigenvalue weighted by molar-refractivity contribution is 6.08. The minimum Gasteiger partial charge on any atom is -0.392 e. The van der Waals surface area contributed by atoms with E-state index in [0.717, 1.165) is 22.6 Å². The van der Waals surface area contributed by atoms with E-state index >= 15 is 0 Å². The first-order chi connectivity index (χ1) is 12.2. The predicted octanol–water partition coefficient (Wildman–Crippen LogP) is 4.57. The topological polar surface area (TPSA) is 43.8 Å². The lowest BCUT2D eigenvalue weighted by atomic mass is 10.2. The Morgan fingerprint density at radius 3 is 1.68 bits per heavy atom. The second-order valence-electron chi connectivity index (χ2n) is 5.67. The summed E-state index contributed by atoms with van der Waals surface area (Å²) >= 11 is 0. The van der Waals surface area contributed by atoms with Crippen molar-refractivity contribution in [1.82, 2.24) is 0 Å². The van der Waals surface area contributed by atoms with Crippen LogP contribution in [0.4, 0.5) is 21.9 Å².